The molecule has 14 aromatic rings. The van der Waals surface area contributed by atoms with E-state index in [-0.39, 0.29) is 99.5 Å². The van der Waals surface area contributed by atoms with Crippen LogP contribution in [0, 0.1) is 0 Å². The lowest BCUT2D eigenvalue weighted by molar-refractivity contribution is 0.0369. The maximum Gasteiger partial charge on any atom is 0.258 e. The van der Waals surface area contributed by atoms with Crippen LogP contribution in [0.15, 0.2) is 165 Å². The Morgan fingerprint density at radius 2 is 0.681 bits per heavy atom. The molecule has 2 aliphatic heterocycles. The van der Waals surface area contributed by atoms with Gasteiger partial charge in [-0.1, -0.05) is 108 Å². The second-order valence-electron chi connectivity index (χ2n) is 29.4. The van der Waals surface area contributed by atoms with Gasteiger partial charge in [-0.15, -0.1) is 0 Å². The number of aliphatic hydroxyl groups excluding tert-OH is 8. The zero-order chi connectivity index (χ0) is 81.3. The number of hydrogen-bond acceptors (Lipinski definition) is 20. The maximum absolute atomic E-state index is 13.8. The Morgan fingerprint density at radius 1 is 0.353 bits per heavy atom. The number of aromatic nitrogens is 6. The summed E-state index contributed by atoms with van der Waals surface area (Å²) in [6.45, 7) is 7.16. The van der Waals surface area contributed by atoms with Crippen molar-refractivity contribution >= 4 is 121 Å². The highest BCUT2D eigenvalue weighted by Gasteiger charge is 2.32. The van der Waals surface area contributed by atoms with E-state index in [0.29, 0.717) is 155 Å². The molecule has 116 heavy (non-hydrogen) atoms. The Labute approximate surface area is 673 Å². The lowest BCUT2D eigenvalue weighted by Gasteiger charge is -2.28. The molecule has 26 heteroatoms. The molecule has 8 heterocycles. The number of ether oxygens (including phenoxy) is 2. The first kappa shape index (κ1) is 80.6. The van der Waals surface area contributed by atoms with E-state index in [2.05, 4.69) is 19.8 Å². The number of aliphatic hydroxyl groups is 8. The number of Topliss-reactive ketones (excluding diaryl/α,β-unsaturated/α-hetero) is 2. The molecule has 0 amide bonds. The smallest absolute Gasteiger partial charge is 0.258 e. The largest absolute Gasteiger partial charge is 0.392 e. The van der Waals surface area contributed by atoms with Crippen molar-refractivity contribution in [3.05, 3.63) is 264 Å². The van der Waals surface area contributed by atoms with E-state index in [1.54, 1.807) is 76.3 Å². The van der Waals surface area contributed by atoms with Gasteiger partial charge in [0.2, 0.25) is 0 Å². The van der Waals surface area contributed by atoms with Crippen molar-refractivity contribution in [3.8, 4) is 22.5 Å². The number of halogens is 2. The van der Waals surface area contributed by atoms with Gasteiger partial charge in [-0.05, 0) is 129 Å². The molecular weight excluding hydrogens is 1520 g/mol. The second-order valence-corrected chi connectivity index (χ2v) is 30.2. The van der Waals surface area contributed by atoms with E-state index >= 15 is 0 Å². The minimum Gasteiger partial charge on any atom is -0.392 e. The summed E-state index contributed by atoms with van der Waals surface area (Å²) >= 11 is 13.2. The Balaban J connectivity index is 0.000000122. The van der Waals surface area contributed by atoms with Crippen LogP contribution in [-0.4, -0.2) is 156 Å². The molecule has 8 aromatic carbocycles. The van der Waals surface area contributed by atoms with Crippen LogP contribution >= 0.6 is 23.2 Å². The molecule has 0 unspecified atom stereocenters. The Hall–Kier alpha value is -10.6. The number of ketones is 2. The predicted molar refractivity (Wildman–Crippen MR) is 449 cm³/mol. The molecule has 24 nitrogen and oxygen atoms in total. The lowest BCUT2D eigenvalue weighted by Crippen LogP contribution is -2.37. The summed E-state index contributed by atoms with van der Waals surface area (Å²) in [4.78, 5) is 93.3. The van der Waals surface area contributed by atoms with Gasteiger partial charge in [-0.25, -0.2) is 9.97 Å². The number of carbonyl (C=O) groups is 2. The Kier molecular flexibility index (Phi) is 24.1. The molecule has 0 bridgehead atoms. The summed E-state index contributed by atoms with van der Waals surface area (Å²) in [5, 5.41) is 85.1. The number of morpholine rings is 2. The number of aryl methyl sites for hydroxylation is 2. The summed E-state index contributed by atoms with van der Waals surface area (Å²) < 4.78 is 17.5. The first-order valence-electron chi connectivity index (χ1n) is 38.6. The number of carbonyl (C=O) groups excluding carboxylic acids is 2. The molecular formula is C90H86Cl2N8O16. The summed E-state index contributed by atoms with van der Waals surface area (Å²) in [6, 6.07) is 43.9. The number of hydrogen-bond donors (Lipinski definition) is 8. The monoisotopic (exact) mass is 1600 g/mol. The molecule has 596 valence electrons. The highest BCUT2D eigenvalue weighted by Crippen LogP contribution is 2.41. The fourth-order valence-electron chi connectivity index (χ4n) is 17.0. The molecule has 18 rings (SSSR count). The van der Waals surface area contributed by atoms with Crippen LogP contribution in [0.3, 0.4) is 0 Å². The van der Waals surface area contributed by atoms with Crippen LogP contribution in [0.4, 0.5) is 0 Å². The van der Waals surface area contributed by atoms with E-state index in [4.69, 9.17) is 32.7 Å². The second kappa shape index (κ2) is 34.7. The number of rotatable bonds is 16. The molecule has 4 aliphatic rings. The third-order valence-corrected chi connectivity index (χ3v) is 23.4. The van der Waals surface area contributed by atoms with Gasteiger partial charge < -0.3 is 68.6 Å². The Morgan fingerprint density at radius 3 is 1.13 bits per heavy atom. The summed E-state index contributed by atoms with van der Waals surface area (Å²) in [7, 11) is 3.36. The van der Waals surface area contributed by atoms with Crippen molar-refractivity contribution in [2.75, 3.05) is 65.7 Å². The number of nitrogens with zero attached hydrogens (tertiary/aromatic N) is 8. The van der Waals surface area contributed by atoms with Crippen molar-refractivity contribution in [1.82, 2.24) is 38.0 Å². The van der Waals surface area contributed by atoms with Gasteiger partial charge in [-0.2, -0.15) is 0 Å². The van der Waals surface area contributed by atoms with E-state index in [9.17, 15) is 69.6 Å². The first-order valence-corrected chi connectivity index (χ1v) is 39.3. The van der Waals surface area contributed by atoms with Gasteiger partial charge in [0, 0.05) is 155 Å². The molecule has 6 aromatic heterocycles. The fourth-order valence-corrected chi connectivity index (χ4v) is 17.6. The van der Waals surface area contributed by atoms with Crippen molar-refractivity contribution < 1.29 is 59.9 Å². The van der Waals surface area contributed by atoms with Crippen LogP contribution in [0.2, 0.25) is 10.3 Å². The molecule has 0 atom stereocenters. The standard InChI is InChI=1S/C26H28N2O5.C25H26ClN3O4.C20H17NO4.C19H15ClN2O3/c29-15-18-12-21-22(13-19(18)16-30)26(32)28(7-3-6-27-8-10-33-11-9-27)25-20-5-2-1-4-17(20)14-23(31)24(21)25;26-24-22-19-12-16(14-30)17(15-31)13-20(19)25(32)29(7-3-6-28-8-10-33-11-9-28)23(22)18-4-1-2-5-21(18)27-24;1-21-19-14-5-3-2-4-11(14)8-17(24)18(19)15-6-12(9-22)13(10-23)7-16(15)20(21)25;1-22-17-12-4-2-3-5-15(12)21-18(20)16(17)13-6-10(8-23)11(9-24)7-14(13)19(22)25/h1-2,4-5,12-13,29-30H,3,6-11,14-16H2;1-2,4-5,12-13,30-31H,3,6-11,14-15H2;2-7,22-23H,8-10H2,1H3;2-7,23-24H,8-9H2,1H3. The minimum atomic E-state index is -0.282. The van der Waals surface area contributed by atoms with E-state index < -0.39 is 0 Å². The normalized spacial score (nSPS) is 14.2. The highest BCUT2D eigenvalue weighted by atomic mass is 35.5. The van der Waals surface area contributed by atoms with Crippen molar-refractivity contribution in [2.24, 2.45) is 14.1 Å². The molecule has 0 spiro atoms. The number of benzene rings is 8. The van der Waals surface area contributed by atoms with Crippen LogP contribution in [0.5, 0.6) is 0 Å². The zero-order valence-corrected chi connectivity index (χ0v) is 65.5. The third-order valence-electron chi connectivity index (χ3n) is 22.9. The predicted octanol–water partition coefficient (Wildman–Crippen LogP) is 9.98. The van der Waals surface area contributed by atoms with Gasteiger partial charge >= 0.3 is 0 Å². The maximum atomic E-state index is 13.8. The van der Waals surface area contributed by atoms with E-state index in [1.165, 1.54) is 4.57 Å². The molecule has 0 saturated carbocycles. The number of fused-ring (bicyclic) bond motifs is 20. The van der Waals surface area contributed by atoms with Crippen molar-refractivity contribution in [3.63, 3.8) is 0 Å². The van der Waals surface area contributed by atoms with Crippen LogP contribution in [0.25, 0.3) is 109 Å². The van der Waals surface area contributed by atoms with Crippen LogP contribution in [0.1, 0.15) is 89.2 Å². The molecule has 0 radical (unpaired) electrons. The average Bonchev–Trinajstić information content (AvgIpc) is 0.742. The Bertz CT molecular complexity index is 6550. The molecule has 2 aliphatic carbocycles. The first-order chi connectivity index (χ1) is 56.4. The van der Waals surface area contributed by atoms with Gasteiger partial charge in [0.25, 0.3) is 22.2 Å². The molecule has 8 N–H and O–H groups in total. The number of pyridine rings is 6. The van der Waals surface area contributed by atoms with Crippen LogP contribution < -0.4 is 22.2 Å². The van der Waals surface area contributed by atoms with Crippen LogP contribution in [-0.2, 0) is 102 Å². The van der Waals surface area contributed by atoms with Gasteiger partial charge in [-0.3, -0.25) is 38.6 Å². The topological polar surface area (TPSA) is 335 Å². The number of para-hydroxylation sites is 2. The van der Waals surface area contributed by atoms with Gasteiger partial charge in [0.1, 0.15) is 10.3 Å². The van der Waals surface area contributed by atoms with Gasteiger partial charge in [0.05, 0.1) is 124 Å². The van der Waals surface area contributed by atoms with E-state index in [1.807, 2.05) is 97.1 Å². The quantitative estimate of drug-likeness (QED) is 0.0329. The SMILES string of the molecule is Cn1c(=O)c2cc(CO)c(CO)cc2c2c(Cl)nc3ccccc3c21.Cn1c2c(c3cc(CO)c(CO)cc3c1=O)C(=O)Cc1ccccc1-2.O=C1Cc2ccccc2-c2c1c1cc(CO)c(CO)cc1c(=O)n2CCCN1CCOCC1.O=c1c2cc(CO)c(CO)cc2c2c(Cl)nc3ccccc3c2n1CCCN1CCOCC1. The summed E-state index contributed by atoms with van der Waals surface area (Å²) in [5.74, 6) is -0.0776. The summed E-state index contributed by atoms with van der Waals surface area (Å²) in [5.41, 5.74) is 12.4. The minimum absolute atomic E-state index is 0.0312. The molecule has 2 saturated heterocycles. The third kappa shape index (κ3) is 14.9. The van der Waals surface area contributed by atoms with Crippen molar-refractivity contribution in [2.45, 2.75) is 91.6 Å². The zero-order valence-electron chi connectivity index (χ0n) is 64.0. The summed E-state index contributed by atoms with van der Waals surface area (Å²) in [6.07, 6.45) is 2.14. The fraction of sp³-hybridized carbons (Fsp3) is 0.289. The lowest BCUT2D eigenvalue weighted by atomic mass is 9.84. The average molecular weight is 1610 g/mol. The highest BCUT2D eigenvalue weighted by molar-refractivity contribution is 6.39. The van der Waals surface area contributed by atoms with Gasteiger partial charge in [0.15, 0.2) is 11.6 Å². The molecule has 2 fully saturated rings. The van der Waals surface area contributed by atoms with E-state index in [0.717, 1.165) is 123 Å². The van der Waals surface area contributed by atoms with Crippen molar-refractivity contribution in [1.29, 1.82) is 0 Å².